The molecule has 5 heteroatoms. The average Bonchev–Trinajstić information content (AvgIpc) is 3.21. The van der Waals surface area contributed by atoms with E-state index in [9.17, 15) is 0 Å². The molecule has 0 aromatic heterocycles. The molecule has 2 aliphatic rings. The number of rotatable bonds is 5. The molecule has 1 N–H and O–H groups in total. The maximum atomic E-state index is 5.66. The van der Waals surface area contributed by atoms with Gasteiger partial charge in [-0.05, 0) is 42.2 Å². The van der Waals surface area contributed by atoms with E-state index in [-0.39, 0.29) is 12.0 Å². The van der Waals surface area contributed by atoms with Gasteiger partial charge in [-0.1, -0.05) is 18.2 Å². The maximum Gasteiger partial charge on any atom is 0.161 e. The Labute approximate surface area is 159 Å². The van der Waals surface area contributed by atoms with Crippen molar-refractivity contribution in [2.45, 2.75) is 18.4 Å². The maximum absolute atomic E-state index is 5.66. The molecule has 27 heavy (non-hydrogen) atoms. The van der Waals surface area contributed by atoms with Gasteiger partial charge in [0.1, 0.15) is 11.5 Å². The third-order valence-electron chi connectivity index (χ3n) is 5.65. The number of benzene rings is 2. The predicted octanol–water partition coefficient (Wildman–Crippen LogP) is 4.55. The van der Waals surface area contributed by atoms with Crippen LogP contribution in [0, 0.1) is 5.92 Å². The third kappa shape index (κ3) is 2.78. The minimum Gasteiger partial charge on any atom is -0.496 e. The zero-order valence-corrected chi connectivity index (χ0v) is 16.1. The molecule has 0 radical (unpaired) electrons. The van der Waals surface area contributed by atoms with Crippen molar-refractivity contribution < 1.29 is 18.9 Å². The van der Waals surface area contributed by atoms with Crippen LogP contribution < -0.4 is 24.3 Å². The van der Waals surface area contributed by atoms with Crippen LogP contribution >= 0.6 is 0 Å². The van der Waals surface area contributed by atoms with Crippen molar-refractivity contribution >= 4 is 5.69 Å². The molecule has 3 atom stereocenters. The van der Waals surface area contributed by atoms with Crippen LogP contribution in [-0.4, -0.2) is 28.4 Å². The summed E-state index contributed by atoms with van der Waals surface area (Å²) in [6.07, 6.45) is 5.56. The summed E-state index contributed by atoms with van der Waals surface area (Å²) in [6.45, 7) is 0. The van der Waals surface area contributed by atoms with Crippen molar-refractivity contribution in [2.75, 3.05) is 33.8 Å². The van der Waals surface area contributed by atoms with Gasteiger partial charge in [-0.3, -0.25) is 0 Å². The van der Waals surface area contributed by atoms with E-state index in [2.05, 4.69) is 29.6 Å². The van der Waals surface area contributed by atoms with Crippen molar-refractivity contribution in [1.29, 1.82) is 0 Å². The summed E-state index contributed by atoms with van der Waals surface area (Å²) in [5.41, 5.74) is 3.35. The van der Waals surface area contributed by atoms with Crippen LogP contribution in [0.25, 0.3) is 0 Å². The van der Waals surface area contributed by atoms with E-state index in [1.165, 1.54) is 11.1 Å². The zero-order valence-electron chi connectivity index (χ0n) is 16.1. The van der Waals surface area contributed by atoms with Crippen LogP contribution in [0.5, 0.6) is 23.0 Å². The van der Waals surface area contributed by atoms with Crippen molar-refractivity contribution in [3.8, 4) is 23.0 Å². The van der Waals surface area contributed by atoms with Crippen molar-refractivity contribution in [2.24, 2.45) is 5.92 Å². The van der Waals surface area contributed by atoms with Gasteiger partial charge in [0, 0.05) is 11.5 Å². The van der Waals surface area contributed by atoms with Gasteiger partial charge in [-0.15, -0.1) is 0 Å². The molecule has 0 amide bonds. The molecule has 5 nitrogen and oxygen atoms in total. The van der Waals surface area contributed by atoms with Crippen LogP contribution in [0.3, 0.4) is 0 Å². The summed E-state index contributed by atoms with van der Waals surface area (Å²) < 4.78 is 22.2. The molecule has 0 fully saturated rings. The van der Waals surface area contributed by atoms with E-state index in [0.29, 0.717) is 5.92 Å². The van der Waals surface area contributed by atoms with E-state index >= 15 is 0 Å². The number of anilines is 1. The van der Waals surface area contributed by atoms with E-state index in [4.69, 9.17) is 18.9 Å². The van der Waals surface area contributed by atoms with Crippen molar-refractivity contribution in [1.82, 2.24) is 0 Å². The Morgan fingerprint density at radius 2 is 1.48 bits per heavy atom. The smallest absolute Gasteiger partial charge is 0.161 e. The first-order valence-electron chi connectivity index (χ1n) is 9.11. The SMILES string of the molecule is COc1ccc(C2Nc3c(OC)ccc(OC)c3C3C=CCC32)cc1OC. The molecular formula is C22H25NO4. The van der Waals surface area contributed by atoms with E-state index in [1.807, 2.05) is 18.2 Å². The fraction of sp³-hybridized carbons (Fsp3) is 0.364. The van der Waals surface area contributed by atoms with Gasteiger partial charge in [0.2, 0.25) is 0 Å². The lowest BCUT2D eigenvalue weighted by atomic mass is 9.76. The number of nitrogens with one attached hydrogen (secondary N) is 1. The van der Waals surface area contributed by atoms with Gasteiger partial charge in [-0.25, -0.2) is 0 Å². The molecule has 2 aromatic rings. The van der Waals surface area contributed by atoms with Gasteiger partial charge < -0.3 is 24.3 Å². The molecule has 3 unspecified atom stereocenters. The lowest BCUT2D eigenvalue weighted by molar-refractivity contribution is 0.351. The average molecular weight is 367 g/mol. The Bertz CT molecular complexity index is 877. The fourth-order valence-corrected chi connectivity index (χ4v) is 4.37. The van der Waals surface area contributed by atoms with Gasteiger partial charge in [0.15, 0.2) is 11.5 Å². The van der Waals surface area contributed by atoms with Gasteiger partial charge >= 0.3 is 0 Å². The van der Waals surface area contributed by atoms with Crippen LogP contribution in [0.1, 0.15) is 29.5 Å². The minimum absolute atomic E-state index is 0.137. The van der Waals surface area contributed by atoms with E-state index < -0.39 is 0 Å². The summed E-state index contributed by atoms with van der Waals surface area (Å²) in [6, 6.07) is 10.2. The molecule has 1 aliphatic carbocycles. The summed E-state index contributed by atoms with van der Waals surface area (Å²) in [7, 11) is 6.74. The Morgan fingerprint density at radius 3 is 2.19 bits per heavy atom. The lowest BCUT2D eigenvalue weighted by Crippen LogP contribution is -2.29. The quantitative estimate of drug-likeness (QED) is 0.786. The van der Waals surface area contributed by atoms with Gasteiger partial charge in [-0.2, -0.15) is 0 Å². The molecule has 1 aliphatic heterocycles. The highest BCUT2D eigenvalue weighted by atomic mass is 16.5. The largest absolute Gasteiger partial charge is 0.496 e. The van der Waals surface area contributed by atoms with Crippen LogP contribution in [0.4, 0.5) is 5.69 Å². The third-order valence-corrected chi connectivity index (χ3v) is 5.65. The Hall–Kier alpha value is -2.82. The highest BCUT2D eigenvalue weighted by Gasteiger charge is 2.41. The Balaban J connectivity index is 1.82. The second-order valence-electron chi connectivity index (χ2n) is 6.85. The number of methoxy groups -OCH3 is 4. The van der Waals surface area contributed by atoms with Crippen LogP contribution in [-0.2, 0) is 0 Å². The highest BCUT2D eigenvalue weighted by Crippen LogP contribution is 2.55. The molecule has 0 bridgehead atoms. The molecule has 0 saturated carbocycles. The predicted molar refractivity (Wildman–Crippen MR) is 105 cm³/mol. The topological polar surface area (TPSA) is 49.0 Å². The monoisotopic (exact) mass is 367 g/mol. The summed E-state index contributed by atoms with van der Waals surface area (Å²) >= 11 is 0. The summed E-state index contributed by atoms with van der Waals surface area (Å²) in [5.74, 6) is 3.88. The summed E-state index contributed by atoms with van der Waals surface area (Å²) in [4.78, 5) is 0. The molecule has 1 heterocycles. The van der Waals surface area contributed by atoms with Crippen LogP contribution in [0.15, 0.2) is 42.5 Å². The zero-order chi connectivity index (χ0) is 19.0. The first-order chi connectivity index (χ1) is 13.2. The number of allylic oxidation sites excluding steroid dienone is 2. The molecule has 0 saturated heterocycles. The summed E-state index contributed by atoms with van der Waals surface area (Å²) in [5, 5.41) is 3.73. The number of fused-ring (bicyclic) bond motifs is 3. The highest BCUT2D eigenvalue weighted by molar-refractivity contribution is 5.72. The van der Waals surface area contributed by atoms with Gasteiger partial charge in [0.25, 0.3) is 0 Å². The van der Waals surface area contributed by atoms with Crippen molar-refractivity contribution in [3.05, 3.63) is 53.6 Å². The fourth-order valence-electron chi connectivity index (χ4n) is 4.37. The lowest BCUT2D eigenvalue weighted by Gasteiger charge is -2.38. The first-order valence-corrected chi connectivity index (χ1v) is 9.11. The number of ether oxygens (including phenoxy) is 4. The van der Waals surface area contributed by atoms with Crippen LogP contribution in [0.2, 0.25) is 0 Å². The standard InChI is InChI=1S/C22H25NO4/c1-24-16-9-8-13(12-19(16)27-4)21-15-7-5-6-14(15)20-17(25-2)10-11-18(26-3)22(20)23-21/h5-6,8-12,14-15,21,23H,7H2,1-4H3. The van der Waals surface area contributed by atoms with Crippen molar-refractivity contribution in [3.63, 3.8) is 0 Å². The molecular weight excluding hydrogens is 342 g/mol. The molecule has 142 valence electrons. The van der Waals surface area contributed by atoms with E-state index in [0.717, 1.165) is 35.1 Å². The normalized spacial score (nSPS) is 22.4. The van der Waals surface area contributed by atoms with E-state index in [1.54, 1.807) is 28.4 Å². The second kappa shape index (κ2) is 7.06. The second-order valence-corrected chi connectivity index (χ2v) is 6.85. The molecule has 0 spiro atoms. The Morgan fingerprint density at radius 1 is 0.815 bits per heavy atom. The molecule has 2 aromatic carbocycles. The molecule has 4 rings (SSSR count). The first kappa shape index (κ1) is 17.6. The number of hydrogen-bond donors (Lipinski definition) is 1. The van der Waals surface area contributed by atoms with Gasteiger partial charge in [0.05, 0.1) is 40.2 Å². The minimum atomic E-state index is 0.137. The number of hydrogen-bond acceptors (Lipinski definition) is 5. The Kier molecular flexibility index (Phi) is 4.60.